The van der Waals surface area contributed by atoms with Gasteiger partial charge in [-0.25, -0.2) is 9.59 Å². The Hall–Kier alpha value is -5.17. The van der Waals surface area contributed by atoms with Crippen LogP contribution < -0.4 is 10.5 Å². The lowest BCUT2D eigenvalue weighted by Crippen LogP contribution is -2.36. The number of nitrogens with one attached hydrogen (secondary N) is 1. The minimum atomic E-state index is -0.746. The standard InChI is InChI=1S/C29H29N3O7/c1-5-15-38-26(34)18-32(20(4)17-25(33)37-6-2)28(35)19(3)16-21-7-9-23(10-8-21)29(36)39-24-13-11-22(12-14-24)27(30)31/h1,7-14,16-17H,6,15,18H2,2-4H3,(H3,30,31). The number of benzene rings is 2. The van der Waals surface area contributed by atoms with Gasteiger partial charge in [-0.1, -0.05) is 18.1 Å². The van der Waals surface area contributed by atoms with Gasteiger partial charge < -0.3 is 24.8 Å². The number of esters is 3. The molecule has 2 rings (SSSR count). The van der Waals surface area contributed by atoms with E-state index in [1.165, 1.54) is 31.2 Å². The van der Waals surface area contributed by atoms with Crippen molar-refractivity contribution < 1.29 is 33.4 Å². The molecule has 2 aromatic rings. The Morgan fingerprint density at radius 1 is 1.00 bits per heavy atom. The van der Waals surface area contributed by atoms with Gasteiger partial charge in [0.1, 0.15) is 18.1 Å². The predicted octanol–water partition coefficient (Wildman–Crippen LogP) is 3.07. The van der Waals surface area contributed by atoms with E-state index < -0.39 is 30.4 Å². The molecule has 0 aliphatic carbocycles. The van der Waals surface area contributed by atoms with Crippen molar-refractivity contribution in [1.29, 1.82) is 5.41 Å². The summed E-state index contributed by atoms with van der Waals surface area (Å²) in [4.78, 5) is 50.8. The molecule has 0 bridgehead atoms. The summed E-state index contributed by atoms with van der Waals surface area (Å²) in [5.41, 5.74) is 7.23. The van der Waals surface area contributed by atoms with Crippen LogP contribution in [-0.4, -0.2) is 54.3 Å². The first kappa shape index (κ1) is 30.1. The van der Waals surface area contributed by atoms with Gasteiger partial charge in [-0.05, 0) is 68.8 Å². The maximum absolute atomic E-state index is 13.2. The third kappa shape index (κ3) is 9.33. The first-order valence-corrected chi connectivity index (χ1v) is 11.8. The zero-order chi connectivity index (χ0) is 28.9. The second-order valence-corrected chi connectivity index (χ2v) is 8.07. The van der Waals surface area contributed by atoms with Gasteiger partial charge >= 0.3 is 17.9 Å². The fourth-order valence-electron chi connectivity index (χ4n) is 3.19. The zero-order valence-electron chi connectivity index (χ0n) is 21.9. The minimum Gasteiger partial charge on any atom is -0.463 e. The van der Waals surface area contributed by atoms with E-state index >= 15 is 0 Å². The fraction of sp³-hybridized carbons (Fsp3) is 0.207. The molecular weight excluding hydrogens is 502 g/mol. The number of hydrogen-bond donors (Lipinski definition) is 2. The average Bonchev–Trinajstić information content (AvgIpc) is 2.90. The summed E-state index contributed by atoms with van der Waals surface area (Å²) >= 11 is 0. The number of hydrogen-bond acceptors (Lipinski definition) is 8. The molecule has 0 saturated carbocycles. The van der Waals surface area contributed by atoms with Crippen molar-refractivity contribution >= 4 is 35.7 Å². The molecule has 0 aliphatic heterocycles. The van der Waals surface area contributed by atoms with E-state index in [0.717, 1.165) is 11.0 Å². The highest BCUT2D eigenvalue weighted by atomic mass is 16.5. The molecule has 1 amide bonds. The van der Waals surface area contributed by atoms with Crippen LogP contribution in [0.25, 0.3) is 6.08 Å². The quantitative estimate of drug-likeness (QED) is 0.112. The number of amides is 1. The molecule has 0 aliphatic rings. The van der Waals surface area contributed by atoms with Crippen LogP contribution in [0.3, 0.4) is 0 Å². The number of carbonyl (C=O) groups excluding carboxylic acids is 4. The second kappa shape index (κ2) is 14.5. The van der Waals surface area contributed by atoms with Crippen LogP contribution in [-0.2, 0) is 23.9 Å². The molecule has 0 spiro atoms. The molecular formula is C29H29N3O7. The Labute approximate surface area is 226 Å². The zero-order valence-corrected chi connectivity index (χ0v) is 21.9. The van der Waals surface area contributed by atoms with Crippen molar-refractivity contribution in [3.63, 3.8) is 0 Å². The van der Waals surface area contributed by atoms with Crippen LogP contribution in [0.2, 0.25) is 0 Å². The van der Waals surface area contributed by atoms with Crippen LogP contribution >= 0.6 is 0 Å². The monoisotopic (exact) mass is 531 g/mol. The number of nitrogens with two attached hydrogens (primary N) is 1. The van der Waals surface area contributed by atoms with Gasteiger partial charge in [0.25, 0.3) is 5.91 Å². The number of ether oxygens (including phenoxy) is 3. The van der Waals surface area contributed by atoms with E-state index in [-0.39, 0.29) is 35.9 Å². The van der Waals surface area contributed by atoms with Crippen LogP contribution in [0.5, 0.6) is 5.75 Å². The van der Waals surface area contributed by atoms with E-state index in [4.69, 9.17) is 31.8 Å². The Morgan fingerprint density at radius 3 is 2.18 bits per heavy atom. The van der Waals surface area contributed by atoms with E-state index in [1.807, 2.05) is 0 Å². The molecule has 202 valence electrons. The van der Waals surface area contributed by atoms with Gasteiger partial charge in [-0.2, -0.15) is 0 Å². The van der Waals surface area contributed by atoms with Crippen LogP contribution in [0.1, 0.15) is 42.3 Å². The molecule has 39 heavy (non-hydrogen) atoms. The molecule has 0 fully saturated rings. The van der Waals surface area contributed by atoms with E-state index in [1.54, 1.807) is 44.2 Å². The predicted molar refractivity (Wildman–Crippen MR) is 144 cm³/mol. The Balaban J connectivity index is 2.19. The first-order valence-electron chi connectivity index (χ1n) is 11.8. The van der Waals surface area contributed by atoms with Crippen molar-refractivity contribution in [1.82, 2.24) is 4.90 Å². The maximum Gasteiger partial charge on any atom is 0.343 e. The van der Waals surface area contributed by atoms with E-state index in [9.17, 15) is 19.2 Å². The first-order chi connectivity index (χ1) is 18.5. The largest absolute Gasteiger partial charge is 0.463 e. The Morgan fingerprint density at radius 2 is 1.62 bits per heavy atom. The Kier molecular flexibility index (Phi) is 11.2. The van der Waals surface area contributed by atoms with Gasteiger partial charge in [0.05, 0.1) is 12.2 Å². The summed E-state index contributed by atoms with van der Waals surface area (Å²) in [6.07, 6.45) is 7.79. The third-order valence-corrected chi connectivity index (χ3v) is 5.13. The van der Waals surface area contributed by atoms with Crippen LogP contribution in [0.15, 0.2) is 65.9 Å². The summed E-state index contributed by atoms with van der Waals surface area (Å²) in [5, 5.41) is 7.41. The molecule has 0 atom stereocenters. The molecule has 10 nitrogen and oxygen atoms in total. The molecule has 0 unspecified atom stereocenters. The number of terminal acetylenes is 1. The highest BCUT2D eigenvalue weighted by Gasteiger charge is 2.22. The highest BCUT2D eigenvalue weighted by molar-refractivity contribution is 6.00. The summed E-state index contributed by atoms with van der Waals surface area (Å²) < 4.78 is 15.1. The highest BCUT2D eigenvalue weighted by Crippen LogP contribution is 2.17. The van der Waals surface area contributed by atoms with Crippen molar-refractivity contribution in [2.24, 2.45) is 5.73 Å². The number of rotatable bonds is 11. The lowest BCUT2D eigenvalue weighted by atomic mass is 10.1. The maximum atomic E-state index is 13.2. The van der Waals surface area contributed by atoms with Gasteiger partial charge in [0, 0.05) is 22.9 Å². The second-order valence-electron chi connectivity index (χ2n) is 8.07. The molecule has 3 N–H and O–H groups in total. The smallest absolute Gasteiger partial charge is 0.343 e. The van der Waals surface area contributed by atoms with Gasteiger partial charge in [-0.3, -0.25) is 15.0 Å². The lowest BCUT2D eigenvalue weighted by molar-refractivity contribution is -0.146. The van der Waals surface area contributed by atoms with Crippen molar-refractivity contribution in [3.05, 3.63) is 82.6 Å². The van der Waals surface area contributed by atoms with E-state index in [2.05, 4.69) is 5.92 Å². The van der Waals surface area contributed by atoms with Crippen molar-refractivity contribution in [3.8, 4) is 18.1 Å². The summed E-state index contributed by atoms with van der Waals surface area (Å²) in [6.45, 7) is 4.11. The number of carbonyl (C=O) groups is 4. The lowest BCUT2D eigenvalue weighted by Gasteiger charge is -2.22. The summed E-state index contributed by atoms with van der Waals surface area (Å²) in [5.74, 6) is -0.180. The number of nitrogens with zero attached hydrogens (tertiary/aromatic N) is 1. The molecule has 0 radical (unpaired) electrons. The molecule has 0 aromatic heterocycles. The van der Waals surface area contributed by atoms with Crippen LogP contribution in [0, 0.1) is 17.8 Å². The summed E-state index contributed by atoms with van der Waals surface area (Å²) in [7, 11) is 0. The number of nitrogen functional groups attached to an aromatic ring is 1. The third-order valence-electron chi connectivity index (χ3n) is 5.13. The normalized spacial score (nSPS) is 11.1. The van der Waals surface area contributed by atoms with Gasteiger partial charge in [-0.15, -0.1) is 6.42 Å². The minimum absolute atomic E-state index is 0.0950. The molecule has 0 heterocycles. The molecule has 10 heteroatoms. The SMILES string of the molecule is C#CCOC(=O)CN(C(=O)C(C)=Cc1ccc(C(=O)Oc2ccc(C(=N)N)cc2)cc1)C(C)=CC(=O)OCC. The molecule has 2 aromatic carbocycles. The van der Waals surface area contributed by atoms with Gasteiger partial charge in [0.2, 0.25) is 0 Å². The average molecular weight is 532 g/mol. The summed E-state index contributed by atoms with van der Waals surface area (Å²) in [6, 6.07) is 12.5. The Bertz CT molecular complexity index is 1330. The topological polar surface area (TPSA) is 149 Å². The van der Waals surface area contributed by atoms with Crippen LogP contribution in [0.4, 0.5) is 0 Å². The molecule has 0 saturated heterocycles. The van der Waals surface area contributed by atoms with Gasteiger partial charge in [0.15, 0.2) is 6.61 Å². The number of allylic oxidation sites excluding steroid dienone is 1. The fourth-order valence-corrected chi connectivity index (χ4v) is 3.19. The number of amidine groups is 1. The van der Waals surface area contributed by atoms with E-state index in [0.29, 0.717) is 16.9 Å². The van der Waals surface area contributed by atoms with Crippen molar-refractivity contribution in [2.75, 3.05) is 19.8 Å². The van der Waals surface area contributed by atoms with Crippen molar-refractivity contribution in [2.45, 2.75) is 20.8 Å².